The molecule has 4 nitrogen and oxygen atoms in total. The van der Waals surface area contributed by atoms with Crippen molar-refractivity contribution in [1.82, 2.24) is 10.6 Å². The highest BCUT2D eigenvalue weighted by molar-refractivity contribution is 9.10. The van der Waals surface area contributed by atoms with Gasteiger partial charge in [0.25, 0.3) is 0 Å². The fraction of sp³-hybridized carbons (Fsp3) is 0.455. The molecule has 0 radical (unpaired) electrons. The Bertz CT molecular complexity index is 384. The van der Waals surface area contributed by atoms with Crippen LogP contribution < -0.4 is 15.4 Å². The quantitative estimate of drug-likeness (QED) is 0.777. The van der Waals surface area contributed by atoms with Crippen LogP contribution in [0.4, 0.5) is 0 Å². The summed E-state index contributed by atoms with van der Waals surface area (Å²) in [6, 6.07) is 4.05. The van der Waals surface area contributed by atoms with Crippen molar-refractivity contribution in [2.24, 2.45) is 0 Å². The molecule has 0 spiro atoms. The van der Waals surface area contributed by atoms with E-state index in [4.69, 9.17) is 4.74 Å². The first-order chi connectivity index (χ1) is 7.72. The van der Waals surface area contributed by atoms with Crippen LogP contribution in [0.3, 0.4) is 0 Å². The van der Waals surface area contributed by atoms with E-state index in [2.05, 4.69) is 26.6 Å². The van der Waals surface area contributed by atoms with E-state index < -0.39 is 0 Å². The number of nitrogens with one attached hydrogen (secondary N) is 2. The van der Waals surface area contributed by atoms with Crippen LogP contribution in [0.25, 0.3) is 0 Å². The SMILES string of the molecule is COc1cc([C@@H]2CNCCN2)cc(Br)c1O.Cl. The predicted octanol–water partition coefficient (Wildman–Crippen LogP) is 1.82. The summed E-state index contributed by atoms with van der Waals surface area (Å²) in [7, 11) is 1.55. The average molecular weight is 324 g/mol. The number of phenols is 1. The van der Waals surface area contributed by atoms with Crippen molar-refractivity contribution < 1.29 is 9.84 Å². The van der Waals surface area contributed by atoms with Crippen molar-refractivity contribution in [3.05, 3.63) is 22.2 Å². The molecule has 0 bridgehead atoms. The molecule has 1 fully saturated rings. The molecule has 1 atom stereocenters. The molecule has 1 aliphatic heterocycles. The second-order valence-corrected chi connectivity index (χ2v) is 4.62. The standard InChI is InChI=1S/C11H15BrN2O2.ClH/c1-16-10-5-7(4-8(12)11(10)15)9-6-13-2-3-14-9;/h4-5,9,13-15H,2-3,6H2,1H3;1H/t9-;/m0./s1. The number of hydrogen-bond acceptors (Lipinski definition) is 4. The fourth-order valence-corrected chi connectivity index (χ4v) is 2.30. The maximum absolute atomic E-state index is 9.71. The van der Waals surface area contributed by atoms with Gasteiger partial charge in [-0.25, -0.2) is 0 Å². The average Bonchev–Trinajstić information content (AvgIpc) is 2.33. The van der Waals surface area contributed by atoms with E-state index in [0.29, 0.717) is 10.2 Å². The van der Waals surface area contributed by atoms with Gasteiger partial charge in [0.1, 0.15) is 0 Å². The van der Waals surface area contributed by atoms with Crippen molar-refractivity contribution in [1.29, 1.82) is 0 Å². The molecule has 6 heteroatoms. The second-order valence-electron chi connectivity index (χ2n) is 3.76. The van der Waals surface area contributed by atoms with Gasteiger partial charge in [0, 0.05) is 25.7 Å². The molecule has 1 saturated heterocycles. The van der Waals surface area contributed by atoms with Crippen molar-refractivity contribution >= 4 is 28.3 Å². The third-order valence-electron chi connectivity index (χ3n) is 2.71. The number of benzene rings is 1. The van der Waals surface area contributed by atoms with Crippen LogP contribution in [-0.2, 0) is 0 Å². The third kappa shape index (κ3) is 3.25. The van der Waals surface area contributed by atoms with E-state index in [-0.39, 0.29) is 24.2 Å². The predicted molar refractivity (Wildman–Crippen MR) is 73.2 cm³/mol. The lowest BCUT2D eigenvalue weighted by molar-refractivity contribution is 0.368. The van der Waals surface area contributed by atoms with Gasteiger partial charge in [0.15, 0.2) is 11.5 Å². The highest BCUT2D eigenvalue weighted by Crippen LogP contribution is 2.36. The molecule has 1 aromatic rings. The Morgan fingerprint density at radius 3 is 2.76 bits per heavy atom. The van der Waals surface area contributed by atoms with Gasteiger partial charge in [0.05, 0.1) is 11.6 Å². The number of piperazine rings is 1. The van der Waals surface area contributed by atoms with E-state index in [0.717, 1.165) is 25.2 Å². The molecule has 0 amide bonds. The zero-order chi connectivity index (χ0) is 11.5. The Hall–Kier alpha value is -0.490. The number of ether oxygens (including phenoxy) is 1. The van der Waals surface area contributed by atoms with Crippen molar-refractivity contribution in [2.75, 3.05) is 26.7 Å². The highest BCUT2D eigenvalue weighted by Gasteiger charge is 2.17. The lowest BCUT2D eigenvalue weighted by Crippen LogP contribution is -2.42. The molecule has 0 saturated carbocycles. The largest absolute Gasteiger partial charge is 0.503 e. The lowest BCUT2D eigenvalue weighted by Gasteiger charge is -2.25. The van der Waals surface area contributed by atoms with Crippen LogP contribution in [0.1, 0.15) is 11.6 Å². The lowest BCUT2D eigenvalue weighted by atomic mass is 10.0. The van der Waals surface area contributed by atoms with Crippen LogP contribution in [0.2, 0.25) is 0 Å². The number of phenolic OH excluding ortho intramolecular Hbond substituents is 1. The Labute approximate surface area is 115 Å². The topological polar surface area (TPSA) is 53.5 Å². The molecule has 0 unspecified atom stereocenters. The number of methoxy groups -OCH3 is 1. The molecule has 0 aromatic heterocycles. The zero-order valence-corrected chi connectivity index (χ0v) is 11.9. The first-order valence-electron chi connectivity index (χ1n) is 5.23. The van der Waals surface area contributed by atoms with E-state index in [9.17, 15) is 5.11 Å². The maximum atomic E-state index is 9.71. The van der Waals surface area contributed by atoms with E-state index in [1.165, 1.54) is 0 Å². The minimum Gasteiger partial charge on any atom is -0.503 e. The third-order valence-corrected chi connectivity index (χ3v) is 3.32. The van der Waals surface area contributed by atoms with Gasteiger partial charge < -0.3 is 20.5 Å². The fourth-order valence-electron chi connectivity index (χ4n) is 1.84. The molecule has 0 aliphatic carbocycles. The summed E-state index contributed by atoms with van der Waals surface area (Å²) in [4.78, 5) is 0. The number of hydrogen-bond donors (Lipinski definition) is 3. The second kappa shape index (κ2) is 6.44. The summed E-state index contributed by atoms with van der Waals surface area (Å²) in [5.74, 6) is 0.645. The van der Waals surface area contributed by atoms with E-state index in [1.807, 2.05) is 12.1 Å². The monoisotopic (exact) mass is 322 g/mol. The minimum absolute atomic E-state index is 0. The van der Waals surface area contributed by atoms with Crippen LogP contribution >= 0.6 is 28.3 Å². The maximum Gasteiger partial charge on any atom is 0.172 e. The number of halogens is 2. The summed E-state index contributed by atoms with van der Waals surface area (Å²) < 4.78 is 5.79. The van der Waals surface area contributed by atoms with Gasteiger partial charge in [-0.15, -0.1) is 12.4 Å². The molecule has 17 heavy (non-hydrogen) atoms. The van der Waals surface area contributed by atoms with Gasteiger partial charge >= 0.3 is 0 Å². The molecule has 2 rings (SSSR count). The van der Waals surface area contributed by atoms with Crippen LogP contribution in [-0.4, -0.2) is 31.9 Å². The summed E-state index contributed by atoms with van der Waals surface area (Å²) in [6.07, 6.45) is 0. The molecular formula is C11H16BrClN2O2. The Kier molecular flexibility index (Phi) is 5.52. The first kappa shape index (κ1) is 14.6. The first-order valence-corrected chi connectivity index (χ1v) is 6.02. The summed E-state index contributed by atoms with van der Waals surface area (Å²) in [6.45, 7) is 2.83. The van der Waals surface area contributed by atoms with Crippen LogP contribution in [0, 0.1) is 0 Å². The van der Waals surface area contributed by atoms with Gasteiger partial charge in [-0.3, -0.25) is 0 Å². The highest BCUT2D eigenvalue weighted by atomic mass is 79.9. The molecule has 3 N–H and O–H groups in total. The molecule has 1 aromatic carbocycles. The van der Waals surface area contributed by atoms with Gasteiger partial charge in [0.2, 0.25) is 0 Å². The molecule has 1 aliphatic rings. The molecule has 1 heterocycles. The normalized spacial score (nSPS) is 19.5. The van der Waals surface area contributed by atoms with Crippen molar-refractivity contribution in [2.45, 2.75) is 6.04 Å². The summed E-state index contributed by atoms with van der Waals surface area (Å²) in [5, 5.41) is 16.4. The Morgan fingerprint density at radius 1 is 1.41 bits per heavy atom. The van der Waals surface area contributed by atoms with E-state index in [1.54, 1.807) is 7.11 Å². The summed E-state index contributed by atoms with van der Waals surface area (Å²) in [5.41, 5.74) is 1.11. The van der Waals surface area contributed by atoms with Crippen LogP contribution in [0.15, 0.2) is 16.6 Å². The molecular weight excluding hydrogens is 307 g/mol. The minimum atomic E-state index is 0. The van der Waals surface area contributed by atoms with Crippen molar-refractivity contribution in [3.63, 3.8) is 0 Å². The number of rotatable bonds is 2. The summed E-state index contributed by atoms with van der Waals surface area (Å²) >= 11 is 3.33. The Morgan fingerprint density at radius 2 is 2.18 bits per heavy atom. The Balaban J connectivity index is 0.00000144. The molecule has 96 valence electrons. The van der Waals surface area contributed by atoms with Gasteiger partial charge in [-0.05, 0) is 33.6 Å². The smallest absolute Gasteiger partial charge is 0.172 e. The zero-order valence-electron chi connectivity index (χ0n) is 9.50. The van der Waals surface area contributed by atoms with E-state index >= 15 is 0 Å². The number of aromatic hydroxyl groups is 1. The van der Waals surface area contributed by atoms with Crippen molar-refractivity contribution in [3.8, 4) is 11.5 Å². The van der Waals surface area contributed by atoms with Gasteiger partial charge in [-0.1, -0.05) is 0 Å². The van der Waals surface area contributed by atoms with Gasteiger partial charge in [-0.2, -0.15) is 0 Å². The van der Waals surface area contributed by atoms with Crippen LogP contribution in [0.5, 0.6) is 11.5 Å².